The molecule has 0 aliphatic heterocycles. The minimum absolute atomic E-state index is 0.0166. The van der Waals surface area contributed by atoms with Gasteiger partial charge in [-0.1, -0.05) is 32.6 Å². The van der Waals surface area contributed by atoms with E-state index < -0.39 is 0 Å². The first kappa shape index (κ1) is 16.3. The van der Waals surface area contributed by atoms with Crippen LogP contribution in [0.4, 0.5) is 4.79 Å². The van der Waals surface area contributed by atoms with Gasteiger partial charge in [0.25, 0.3) is 0 Å². The van der Waals surface area contributed by atoms with E-state index in [-0.39, 0.29) is 24.2 Å². The number of carbonyl (C=O) groups is 1. The number of amides is 2. The first-order valence-corrected chi connectivity index (χ1v) is 7.81. The van der Waals surface area contributed by atoms with Crippen molar-refractivity contribution in [2.75, 3.05) is 6.54 Å². The summed E-state index contributed by atoms with van der Waals surface area (Å²) in [5.41, 5.74) is 0. The van der Waals surface area contributed by atoms with Gasteiger partial charge in [0.1, 0.15) is 0 Å². The van der Waals surface area contributed by atoms with Gasteiger partial charge >= 0.3 is 6.03 Å². The SMILES string of the molecule is CCCCCN(C(=O)N[C@H]1CCCC[C@@H]1O)C(C)C. The summed E-state index contributed by atoms with van der Waals surface area (Å²) >= 11 is 0. The molecular weight excluding hydrogens is 240 g/mol. The molecule has 19 heavy (non-hydrogen) atoms. The lowest BCUT2D eigenvalue weighted by molar-refractivity contribution is 0.0881. The maximum absolute atomic E-state index is 12.3. The van der Waals surface area contributed by atoms with Gasteiger partial charge in [0.15, 0.2) is 0 Å². The van der Waals surface area contributed by atoms with Crippen LogP contribution in [-0.2, 0) is 0 Å². The zero-order valence-electron chi connectivity index (χ0n) is 12.7. The second-order valence-corrected chi connectivity index (χ2v) is 5.90. The zero-order valence-corrected chi connectivity index (χ0v) is 12.7. The predicted molar refractivity (Wildman–Crippen MR) is 78.2 cm³/mol. The maximum Gasteiger partial charge on any atom is 0.317 e. The van der Waals surface area contributed by atoms with Gasteiger partial charge in [-0.3, -0.25) is 0 Å². The standard InChI is InChI=1S/C15H30N2O2/c1-4-5-8-11-17(12(2)3)15(19)16-13-9-6-7-10-14(13)18/h12-14,18H,4-11H2,1-3H3,(H,16,19)/t13-,14-/m0/s1. The molecule has 112 valence electrons. The molecule has 2 amide bonds. The third-order valence-electron chi connectivity index (χ3n) is 3.93. The zero-order chi connectivity index (χ0) is 14.3. The molecule has 0 bridgehead atoms. The van der Waals surface area contributed by atoms with E-state index in [0.717, 1.165) is 51.5 Å². The summed E-state index contributed by atoms with van der Waals surface area (Å²) in [6.45, 7) is 7.06. The Morgan fingerprint density at radius 3 is 2.58 bits per heavy atom. The molecule has 0 unspecified atom stereocenters. The number of nitrogens with one attached hydrogen (secondary N) is 1. The van der Waals surface area contributed by atoms with Crippen molar-refractivity contribution in [3.05, 3.63) is 0 Å². The lowest BCUT2D eigenvalue weighted by atomic mass is 9.93. The molecule has 1 rings (SSSR count). The van der Waals surface area contributed by atoms with Gasteiger partial charge in [-0.15, -0.1) is 0 Å². The Morgan fingerprint density at radius 1 is 1.32 bits per heavy atom. The van der Waals surface area contributed by atoms with Crippen molar-refractivity contribution >= 4 is 6.03 Å². The van der Waals surface area contributed by atoms with Crippen molar-refractivity contribution in [3.63, 3.8) is 0 Å². The van der Waals surface area contributed by atoms with Crippen LogP contribution in [0.5, 0.6) is 0 Å². The maximum atomic E-state index is 12.3. The second-order valence-electron chi connectivity index (χ2n) is 5.90. The highest BCUT2D eigenvalue weighted by Crippen LogP contribution is 2.18. The van der Waals surface area contributed by atoms with Crippen molar-refractivity contribution in [2.24, 2.45) is 0 Å². The summed E-state index contributed by atoms with van der Waals surface area (Å²) in [7, 11) is 0. The summed E-state index contributed by atoms with van der Waals surface area (Å²) in [4.78, 5) is 14.2. The summed E-state index contributed by atoms with van der Waals surface area (Å²) in [5.74, 6) is 0. The van der Waals surface area contributed by atoms with Crippen molar-refractivity contribution in [3.8, 4) is 0 Å². The highest BCUT2D eigenvalue weighted by molar-refractivity contribution is 5.74. The van der Waals surface area contributed by atoms with Gasteiger partial charge in [0.05, 0.1) is 12.1 Å². The average Bonchev–Trinajstić information content (AvgIpc) is 2.37. The molecule has 1 aliphatic rings. The number of nitrogens with zero attached hydrogens (tertiary/aromatic N) is 1. The smallest absolute Gasteiger partial charge is 0.317 e. The molecule has 1 aliphatic carbocycles. The van der Waals surface area contributed by atoms with Crippen molar-refractivity contribution < 1.29 is 9.90 Å². The number of urea groups is 1. The molecule has 2 N–H and O–H groups in total. The van der Waals surface area contributed by atoms with Gasteiger partial charge in [0, 0.05) is 12.6 Å². The number of rotatable bonds is 6. The normalized spacial score (nSPS) is 23.4. The number of aliphatic hydroxyl groups excluding tert-OH is 1. The van der Waals surface area contributed by atoms with Crippen LogP contribution in [0.15, 0.2) is 0 Å². The van der Waals surface area contributed by atoms with Gasteiger partial charge < -0.3 is 15.3 Å². The largest absolute Gasteiger partial charge is 0.391 e. The van der Waals surface area contributed by atoms with Crippen molar-refractivity contribution in [1.82, 2.24) is 10.2 Å². The van der Waals surface area contributed by atoms with E-state index in [1.165, 1.54) is 0 Å². The van der Waals surface area contributed by atoms with Crippen LogP contribution in [0.3, 0.4) is 0 Å². The molecule has 0 aromatic heterocycles. The number of carbonyl (C=O) groups excluding carboxylic acids is 1. The Labute approximate surface area is 117 Å². The molecule has 2 atom stereocenters. The first-order valence-electron chi connectivity index (χ1n) is 7.81. The van der Waals surface area contributed by atoms with Crippen LogP contribution >= 0.6 is 0 Å². The summed E-state index contributed by atoms with van der Waals surface area (Å²) in [6.07, 6.45) is 6.86. The molecule has 1 fully saturated rings. The van der Waals surface area contributed by atoms with Crippen LogP contribution in [0.25, 0.3) is 0 Å². The summed E-state index contributed by atoms with van der Waals surface area (Å²) < 4.78 is 0. The van der Waals surface area contributed by atoms with E-state index >= 15 is 0 Å². The second kappa shape index (κ2) is 8.41. The fourth-order valence-electron chi connectivity index (χ4n) is 2.65. The molecule has 0 radical (unpaired) electrons. The lowest BCUT2D eigenvalue weighted by Gasteiger charge is -2.33. The average molecular weight is 270 g/mol. The monoisotopic (exact) mass is 270 g/mol. The topological polar surface area (TPSA) is 52.6 Å². The van der Waals surface area contributed by atoms with E-state index in [2.05, 4.69) is 12.2 Å². The molecule has 4 heteroatoms. The van der Waals surface area contributed by atoms with Crippen LogP contribution in [0.1, 0.15) is 65.7 Å². The Balaban J connectivity index is 2.46. The van der Waals surface area contributed by atoms with Crippen molar-refractivity contribution in [2.45, 2.75) is 83.9 Å². The van der Waals surface area contributed by atoms with Gasteiger partial charge in [-0.05, 0) is 33.1 Å². The number of aliphatic hydroxyl groups is 1. The molecule has 0 heterocycles. The predicted octanol–water partition coefficient (Wildman–Crippen LogP) is 2.90. The molecule has 0 spiro atoms. The van der Waals surface area contributed by atoms with Crippen LogP contribution in [0.2, 0.25) is 0 Å². The number of hydrogen-bond donors (Lipinski definition) is 2. The fraction of sp³-hybridized carbons (Fsp3) is 0.933. The van der Waals surface area contributed by atoms with Gasteiger partial charge in [-0.25, -0.2) is 4.79 Å². The Bertz CT molecular complexity index is 269. The molecular formula is C15H30N2O2. The molecule has 0 saturated heterocycles. The Hall–Kier alpha value is -0.770. The number of unbranched alkanes of at least 4 members (excludes halogenated alkanes) is 2. The summed E-state index contributed by atoms with van der Waals surface area (Å²) in [6, 6.07) is 0.128. The van der Waals surface area contributed by atoms with E-state index in [4.69, 9.17) is 0 Å². The quantitative estimate of drug-likeness (QED) is 0.729. The van der Waals surface area contributed by atoms with E-state index in [1.54, 1.807) is 0 Å². The molecule has 0 aromatic carbocycles. The molecule has 1 saturated carbocycles. The Kier molecular flexibility index (Phi) is 7.21. The third kappa shape index (κ3) is 5.39. The van der Waals surface area contributed by atoms with Gasteiger partial charge in [-0.2, -0.15) is 0 Å². The Morgan fingerprint density at radius 2 is 2.00 bits per heavy atom. The highest BCUT2D eigenvalue weighted by atomic mass is 16.3. The molecule has 0 aromatic rings. The fourth-order valence-corrected chi connectivity index (χ4v) is 2.65. The van der Waals surface area contributed by atoms with Crippen LogP contribution < -0.4 is 5.32 Å². The first-order chi connectivity index (χ1) is 9.06. The van der Waals surface area contributed by atoms with Crippen LogP contribution in [-0.4, -0.2) is 40.8 Å². The van der Waals surface area contributed by atoms with Crippen molar-refractivity contribution in [1.29, 1.82) is 0 Å². The van der Waals surface area contributed by atoms with E-state index in [1.807, 2.05) is 18.7 Å². The minimum Gasteiger partial charge on any atom is -0.391 e. The minimum atomic E-state index is -0.373. The van der Waals surface area contributed by atoms with E-state index in [9.17, 15) is 9.90 Å². The summed E-state index contributed by atoms with van der Waals surface area (Å²) in [5, 5.41) is 12.9. The van der Waals surface area contributed by atoms with Crippen LogP contribution in [0, 0.1) is 0 Å². The third-order valence-corrected chi connectivity index (χ3v) is 3.93. The lowest BCUT2D eigenvalue weighted by Crippen LogP contribution is -2.52. The number of hydrogen-bond acceptors (Lipinski definition) is 2. The van der Waals surface area contributed by atoms with Gasteiger partial charge in [0.2, 0.25) is 0 Å². The molecule has 4 nitrogen and oxygen atoms in total. The highest BCUT2D eigenvalue weighted by Gasteiger charge is 2.26. The van der Waals surface area contributed by atoms with E-state index in [0.29, 0.717) is 0 Å².